The van der Waals surface area contributed by atoms with Crippen LogP contribution < -0.4 is 10.2 Å². The summed E-state index contributed by atoms with van der Waals surface area (Å²) in [5.74, 6) is 0.610. The quantitative estimate of drug-likeness (QED) is 0.144. The van der Waals surface area contributed by atoms with Crippen LogP contribution in [-0.2, 0) is 11.3 Å². The maximum absolute atomic E-state index is 12.1. The molecule has 1 amide bonds. The minimum absolute atomic E-state index is 0.121. The molecule has 0 aliphatic carbocycles. The van der Waals surface area contributed by atoms with Crippen molar-refractivity contribution >= 4 is 52.8 Å². The molecule has 4 aromatic rings. The first kappa shape index (κ1) is 27.1. The van der Waals surface area contributed by atoms with E-state index in [1.807, 2.05) is 23.6 Å². The van der Waals surface area contributed by atoms with Crippen molar-refractivity contribution in [3.05, 3.63) is 92.5 Å². The number of hydrazone groups is 1. The lowest BCUT2D eigenvalue weighted by Crippen LogP contribution is -2.24. The Bertz CT molecular complexity index is 1490. The number of ether oxygens (including phenoxy) is 1. The van der Waals surface area contributed by atoms with E-state index in [2.05, 4.69) is 20.7 Å². The zero-order chi connectivity index (χ0) is 27.1. The van der Waals surface area contributed by atoms with E-state index in [1.165, 1.54) is 30.1 Å². The Morgan fingerprint density at radius 2 is 1.92 bits per heavy atom. The molecule has 1 heterocycles. The van der Waals surface area contributed by atoms with Crippen molar-refractivity contribution in [2.45, 2.75) is 23.5 Å². The minimum Gasteiger partial charge on any atom is -0.484 e. The van der Waals surface area contributed by atoms with Crippen LogP contribution in [-0.4, -0.2) is 38.4 Å². The molecule has 0 saturated carbocycles. The minimum atomic E-state index is -0.507. The lowest BCUT2D eigenvalue weighted by atomic mass is 10.2. The summed E-state index contributed by atoms with van der Waals surface area (Å²) in [6.45, 7) is 2.26. The fourth-order valence-electron chi connectivity index (χ4n) is 3.32. The van der Waals surface area contributed by atoms with Gasteiger partial charge in [-0.15, -0.1) is 10.2 Å². The third-order valence-corrected chi connectivity index (χ3v) is 6.66. The summed E-state index contributed by atoms with van der Waals surface area (Å²) >= 11 is 13.2. The number of nitrogens with zero attached hydrogens (tertiary/aromatic N) is 5. The number of nitro groups is 1. The van der Waals surface area contributed by atoms with Crippen LogP contribution in [0.1, 0.15) is 12.5 Å². The second-order valence-electron chi connectivity index (χ2n) is 7.68. The molecule has 0 spiro atoms. The summed E-state index contributed by atoms with van der Waals surface area (Å²) in [4.78, 5) is 23.6. The summed E-state index contributed by atoms with van der Waals surface area (Å²) < 4.78 is 7.30. The Morgan fingerprint density at radius 3 is 2.63 bits per heavy atom. The predicted octanol–water partition coefficient (Wildman–Crippen LogP) is 5.86. The first-order valence-corrected chi connectivity index (χ1v) is 12.8. The first-order valence-electron chi connectivity index (χ1n) is 11.2. The summed E-state index contributed by atoms with van der Waals surface area (Å²) in [5.41, 5.74) is 3.47. The molecular weight excluding hydrogens is 551 g/mol. The number of amides is 1. The Morgan fingerprint density at radius 1 is 1.13 bits per heavy atom. The van der Waals surface area contributed by atoms with Crippen LogP contribution in [0.5, 0.6) is 5.75 Å². The number of carbonyl (C=O) groups is 1. The molecule has 4 rings (SSSR count). The van der Waals surface area contributed by atoms with Gasteiger partial charge in [0, 0.05) is 44.7 Å². The standard InChI is InChI=1S/C25H20Cl2N6O4S/c1-2-32-24(16-4-3-5-19(27)12-16)30-31-25(32)38-22-11-8-20(33(35)36)13-17(22)14-28-29-23(34)15-37-21-9-6-18(26)7-10-21/h3-14H,2,15H2,1H3,(H,29,34)/b28-14-. The van der Waals surface area contributed by atoms with E-state index in [0.29, 0.717) is 43.8 Å². The fourth-order valence-corrected chi connectivity index (χ4v) is 4.60. The molecule has 0 fully saturated rings. The third kappa shape index (κ3) is 6.88. The summed E-state index contributed by atoms with van der Waals surface area (Å²) in [6, 6.07) is 18.2. The number of carbonyl (C=O) groups excluding carboxylic acids is 1. The van der Waals surface area contributed by atoms with Gasteiger partial charge in [-0.2, -0.15) is 5.10 Å². The van der Waals surface area contributed by atoms with Gasteiger partial charge in [-0.3, -0.25) is 14.9 Å². The Labute approximate surface area is 231 Å². The van der Waals surface area contributed by atoms with Crippen molar-refractivity contribution in [2.75, 3.05) is 6.61 Å². The number of rotatable bonds is 10. The number of nitrogens with one attached hydrogen (secondary N) is 1. The van der Waals surface area contributed by atoms with Gasteiger partial charge in [0.15, 0.2) is 17.6 Å². The molecule has 0 unspecified atom stereocenters. The van der Waals surface area contributed by atoms with Gasteiger partial charge in [0.25, 0.3) is 11.6 Å². The highest BCUT2D eigenvalue weighted by Crippen LogP contribution is 2.33. The molecule has 1 N–H and O–H groups in total. The van der Waals surface area contributed by atoms with Gasteiger partial charge in [-0.1, -0.05) is 35.3 Å². The molecule has 10 nitrogen and oxygen atoms in total. The van der Waals surface area contributed by atoms with Crippen LogP contribution >= 0.6 is 35.0 Å². The lowest BCUT2D eigenvalue weighted by molar-refractivity contribution is -0.384. The van der Waals surface area contributed by atoms with E-state index in [1.54, 1.807) is 42.5 Å². The van der Waals surface area contributed by atoms with Gasteiger partial charge in [-0.25, -0.2) is 5.43 Å². The number of halogens is 2. The maximum Gasteiger partial charge on any atom is 0.277 e. The largest absolute Gasteiger partial charge is 0.484 e. The fraction of sp³-hybridized carbons (Fsp3) is 0.120. The van der Waals surface area contributed by atoms with E-state index < -0.39 is 10.8 Å². The number of nitro benzene ring substituents is 1. The molecule has 0 aliphatic heterocycles. The molecule has 0 aliphatic rings. The molecule has 194 valence electrons. The van der Waals surface area contributed by atoms with E-state index in [4.69, 9.17) is 27.9 Å². The average molecular weight is 571 g/mol. The zero-order valence-electron chi connectivity index (χ0n) is 19.9. The molecule has 13 heteroatoms. The van der Waals surface area contributed by atoms with E-state index in [0.717, 1.165) is 5.56 Å². The second kappa shape index (κ2) is 12.5. The highest BCUT2D eigenvalue weighted by molar-refractivity contribution is 7.99. The van der Waals surface area contributed by atoms with Crippen LogP contribution in [0, 0.1) is 10.1 Å². The van der Waals surface area contributed by atoms with Gasteiger partial charge in [-0.05, 0) is 61.2 Å². The number of aromatic nitrogens is 3. The highest BCUT2D eigenvalue weighted by atomic mass is 35.5. The van der Waals surface area contributed by atoms with Crippen LogP contribution in [0.4, 0.5) is 5.69 Å². The first-order chi connectivity index (χ1) is 18.3. The van der Waals surface area contributed by atoms with Gasteiger partial charge in [0.05, 0.1) is 11.1 Å². The monoisotopic (exact) mass is 570 g/mol. The number of benzene rings is 3. The van der Waals surface area contributed by atoms with Crippen molar-refractivity contribution in [2.24, 2.45) is 5.10 Å². The van der Waals surface area contributed by atoms with Gasteiger partial charge in [0.1, 0.15) is 5.75 Å². The predicted molar refractivity (Wildman–Crippen MR) is 146 cm³/mol. The molecule has 0 radical (unpaired) electrons. The SMILES string of the molecule is CCn1c(Sc2ccc([N+](=O)[O-])cc2/C=N\NC(=O)COc2ccc(Cl)cc2)nnc1-c1cccc(Cl)c1. The van der Waals surface area contributed by atoms with Gasteiger partial charge < -0.3 is 9.30 Å². The molecule has 0 atom stereocenters. The van der Waals surface area contributed by atoms with Gasteiger partial charge in [0.2, 0.25) is 0 Å². The van der Waals surface area contributed by atoms with Crippen LogP contribution in [0.15, 0.2) is 81.9 Å². The highest BCUT2D eigenvalue weighted by Gasteiger charge is 2.17. The smallest absolute Gasteiger partial charge is 0.277 e. The molecule has 0 saturated heterocycles. The van der Waals surface area contributed by atoms with E-state index in [9.17, 15) is 14.9 Å². The van der Waals surface area contributed by atoms with Crippen molar-refractivity contribution in [3.63, 3.8) is 0 Å². The van der Waals surface area contributed by atoms with Gasteiger partial charge >= 0.3 is 0 Å². The second-order valence-corrected chi connectivity index (χ2v) is 9.56. The molecular formula is C25H20Cl2N6O4S. The normalized spacial score (nSPS) is 11.0. The zero-order valence-corrected chi connectivity index (χ0v) is 22.2. The van der Waals surface area contributed by atoms with Crippen molar-refractivity contribution < 1.29 is 14.5 Å². The molecule has 3 aromatic carbocycles. The topological polar surface area (TPSA) is 125 Å². The Kier molecular flexibility index (Phi) is 8.95. The molecule has 1 aromatic heterocycles. The van der Waals surface area contributed by atoms with Crippen molar-refractivity contribution in [1.82, 2.24) is 20.2 Å². The third-order valence-electron chi connectivity index (χ3n) is 5.10. The number of non-ortho nitro benzene ring substituents is 1. The Hall–Kier alpha value is -3.93. The lowest BCUT2D eigenvalue weighted by Gasteiger charge is -2.09. The Balaban J connectivity index is 1.51. The summed E-state index contributed by atoms with van der Waals surface area (Å²) in [6.07, 6.45) is 1.33. The summed E-state index contributed by atoms with van der Waals surface area (Å²) in [7, 11) is 0. The van der Waals surface area contributed by atoms with E-state index >= 15 is 0 Å². The maximum atomic E-state index is 12.1. The molecule has 38 heavy (non-hydrogen) atoms. The van der Waals surface area contributed by atoms with Crippen LogP contribution in [0.25, 0.3) is 11.4 Å². The van der Waals surface area contributed by atoms with E-state index in [-0.39, 0.29) is 12.3 Å². The average Bonchev–Trinajstić information content (AvgIpc) is 3.31. The van der Waals surface area contributed by atoms with Crippen LogP contribution in [0.2, 0.25) is 10.0 Å². The van der Waals surface area contributed by atoms with Crippen LogP contribution in [0.3, 0.4) is 0 Å². The number of hydrogen-bond donors (Lipinski definition) is 1. The molecule has 0 bridgehead atoms. The van der Waals surface area contributed by atoms with Crippen molar-refractivity contribution in [3.8, 4) is 17.1 Å². The summed E-state index contributed by atoms with van der Waals surface area (Å²) in [5, 5.41) is 25.7. The van der Waals surface area contributed by atoms with Crippen molar-refractivity contribution in [1.29, 1.82) is 0 Å². The number of hydrogen-bond acceptors (Lipinski definition) is 8.